The largest absolute Gasteiger partial charge is 0.371 e. The predicted octanol–water partition coefficient (Wildman–Crippen LogP) is 3.74. The fourth-order valence-electron chi connectivity index (χ4n) is 3.41. The van der Waals surface area contributed by atoms with Gasteiger partial charge in [-0.15, -0.1) is 24.8 Å². The molecule has 27 heavy (non-hydrogen) atoms. The van der Waals surface area contributed by atoms with E-state index in [-0.39, 0.29) is 42.7 Å². The lowest BCUT2D eigenvalue weighted by Gasteiger charge is -2.21. The molecule has 0 radical (unpaired) electrons. The van der Waals surface area contributed by atoms with E-state index in [4.69, 9.17) is 5.73 Å². The van der Waals surface area contributed by atoms with Gasteiger partial charge in [0.1, 0.15) is 0 Å². The Bertz CT molecular complexity index is 712. The van der Waals surface area contributed by atoms with Gasteiger partial charge in [-0.25, -0.2) is 0 Å². The van der Waals surface area contributed by atoms with Crippen LogP contribution >= 0.6 is 24.8 Å². The van der Waals surface area contributed by atoms with Gasteiger partial charge in [-0.2, -0.15) is 0 Å². The first-order valence-electron chi connectivity index (χ1n) is 9.08. The van der Waals surface area contributed by atoms with Crippen LogP contribution in [-0.2, 0) is 11.2 Å². The van der Waals surface area contributed by atoms with Gasteiger partial charge in [-0.3, -0.25) is 4.79 Å². The molecule has 4 nitrogen and oxygen atoms in total. The molecule has 3 N–H and O–H groups in total. The number of fused-ring (bicyclic) bond motifs is 1. The average Bonchev–Trinajstić information content (AvgIpc) is 3.07. The van der Waals surface area contributed by atoms with Crippen molar-refractivity contribution in [2.24, 2.45) is 11.7 Å². The Hall–Kier alpha value is -1.75. The molecule has 0 aromatic heterocycles. The number of amides is 1. The minimum absolute atomic E-state index is 0. The summed E-state index contributed by atoms with van der Waals surface area (Å²) in [5.41, 5.74) is 9.99. The first-order valence-corrected chi connectivity index (χ1v) is 9.08. The lowest BCUT2D eigenvalue weighted by atomic mass is 9.95. The van der Waals surface area contributed by atoms with Gasteiger partial charge in [-0.1, -0.05) is 55.5 Å². The smallest absolute Gasteiger partial charge is 0.224 e. The number of nitrogens with zero attached hydrogens (tertiary/aromatic N) is 1. The topological polar surface area (TPSA) is 58.4 Å². The van der Waals surface area contributed by atoms with Gasteiger partial charge in [0.15, 0.2) is 0 Å². The molecule has 0 saturated carbocycles. The second kappa shape index (κ2) is 11.2. The number of benzene rings is 2. The number of carbonyl (C=O) groups excluding carboxylic acids is 1. The van der Waals surface area contributed by atoms with Crippen LogP contribution in [0.25, 0.3) is 0 Å². The normalized spacial score (nSPS) is 14.4. The average molecular weight is 410 g/mol. The van der Waals surface area contributed by atoms with E-state index in [2.05, 4.69) is 34.5 Å². The minimum Gasteiger partial charge on any atom is -0.371 e. The Kier molecular flexibility index (Phi) is 9.64. The molecule has 0 bridgehead atoms. The Balaban J connectivity index is 0.00000182. The van der Waals surface area contributed by atoms with Crippen LogP contribution in [0.2, 0.25) is 0 Å². The fourth-order valence-corrected chi connectivity index (χ4v) is 3.41. The van der Waals surface area contributed by atoms with Gasteiger partial charge in [0.2, 0.25) is 5.91 Å². The van der Waals surface area contributed by atoms with E-state index in [9.17, 15) is 4.79 Å². The number of hydrogen-bond acceptors (Lipinski definition) is 3. The van der Waals surface area contributed by atoms with Crippen LogP contribution in [-0.4, -0.2) is 25.5 Å². The van der Waals surface area contributed by atoms with Crippen molar-refractivity contribution in [3.05, 3.63) is 65.7 Å². The highest BCUT2D eigenvalue weighted by molar-refractivity contribution is 5.85. The van der Waals surface area contributed by atoms with E-state index in [1.165, 1.54) is 11.3 Å². The van der Waals surface area contributed by atoms with Crippen LogP contribution in [0.3, 0.4) is 0 Å². The van der Waals surface area contributed by atoms with Gasteiger partial charge in [0.05, 0.1) is 5.92 Å². The zero-order chi connectivity index (χ0) is 17.6. The van der Waals surface area contributed by atoms with Crippen molar-refractivity contribution in [3.63, 3.8) is 0 Å². The highest BCUT2D eigenvalue weighted by atomic mass is 35.5. The van der Waals surface area contributed by atoms with E-state index in [1.54, 1.807) is 0 Å². The summed E-state index contributed by atoms with van der Waals surface area (Å²) in [6.07, 6.45) is 2.05. The summed E-state index contributed by atoms with van der Waals surface area (Å²) in [5.74, 6) is -0.215. The molecule has 148 valence electrons. The van der Waals surface area contributed by atoms with Crippen LogP contribution in [0.1, 0.15) is 30.5 Å². The number of hydrogen-bond donors (Lipinski definition) is 2. The van der Waals surface area contributed by atoms with Gasteiger partial charge >= 0.3 is 0 Å². The summed E-state index contributed by atoms with van der Waals surface area (Å²) >= 11 is 0. The van der Waals surface area contributed by atoms with Crippen LogP contribution in [0.5, 0.6) is 0 Å². The number of rotatable bonds is 7. The molecule has 1 aliphatic heterocycles. The van der Waals surface area contributed by atoms with Crippen LogP contribution < -0.4 is 16.0 Å². The molecule has 0 fully saturated rings. The van der Waals surface area contributed by atoms with Gasteiger partial charge in [0, 0.05) is 31.4 Å². The molecule has 0 spiro atoms. The van der Waals surface area contributed by atoms with Crippen molar-refractivity contribution in [1.29, 1.82) is 0 Å². The number of anilines is 1. The van der Waals surface area contributed by atoms with Crippen LogP contribution in [0, 0.1) is 5.92 Å². The molecule has 2 unspecified atom stereocenters. The summed E-state index contributed by atoms with van der Waals surface area (Å²) in [6.45, 7) is 4.62. The molecule has 2 aromatic carbocycles. The number of para-hydroxylation sites is 1. The maximum atomic E-state index is 12.3. The van der Waals surface area contributed by atoms with E-state index in [0.717, 1.165) is 31.5 Å². The molecular formula is C21H29Cl2N3O. The highest BCUT2D eigenvalue weighted by Crippen LogP contribution is 2.27. The molecular weight excluding hydrogens is 381 g/mol. The summed E-state index contributed by atoms with van der Waals surface area (Å²) in [5, 5.41) is 3.04. The first kappa shape index (κ1) is 23.3. The number of carbonyl (C=O) groups is 1. The number of halogens is 2. The van der Waals surface area contributed by atoms with E-state index in [1.807, 2.05) is 37.3 Å². The Morgan fingerprint density at radius 3 is 2.52 bits per heavy atom. The molecule has 2 aromatic rings. The third-order valence-corrected chi connectivity index (χ3v) is 5.02. The molecule has 1 heterocycles. The number of nitrogens with one attached hydrogen (secondary N) is 1. The van der Waals surface area contributed by atoms with E-state index < -0.39 is 0 Å². The lowest BCUT2D eigenvalue weighted by molar-refractivity contribution is -0.125. The minimum atomic E-state index is -0.272. The van der Waals surface area contributed by atoms with Crippen LogP contribution in [0.4, 0.5) is 5.69 Å². The zero-order valence-electron chi connectivity index (χ0n) is 15.6. The maximum Gasteiger partial charge on any atom is 0.224 e. The molecule has 2 atom stereocenters. The van der Waals surface area contributed by atoms with Gasteiger partial charge in [0.25, 0.3) is 0 Å². The van der Waals surface area contributed by atoms with Gasteiger partial charge < -0.3 is 16.0 Å². The van der Waals surface area contributed by atoms with Crippen molar-refractivity contribution < 1.29 is 4.79 Å². The summed E-state index contributed by atoms with van der Waals surface area (Å²) in [4.78, 5) is 14.8. The summed E-state index contributed by atoms with van der Waals surface area (Å²) in [7, 11) is 0. The predicted molar refractivity (Wildman–Crippen MR) is 117 cm³/mol. The summed E-state index contributed by atoms with van der Waals surface area (Å²) in [6, 6.07) is 18.1. The standard InChI is InChI=1S/C21H27N3O.2ClH/c1-16(20(22)18-9-3-2-4-10-18)21(25)23-13-7-14-24-15-12-17-8-5-6-11-19(17)24;;/h2-6,8-11,16,20H,7,12-15,22H2,1H3,(H,23,25);2*1H. The Morgan fingerprint density at radius 1 is 1.11 bits per heavy atom. The van der Waals surface area contributed by atoms with Crippen molar-refractivity contribution in [2.75, 3.05) is 24.5 Å². The van der Waals surface area contributed by atoms with Crippen molar-refractivity contribution in [3.8, 4) is 0 Å². The highest BCUT2D eigenvalue weighted by Gasteiger charge is 2.22. The molecule has 3 rings (SSSR count). The third-order valence-electron chi connectivity index (χ3n) is 5.02. The Morgan fingerprint density at radius 2 is 1.78 bits per heavy atom. The van der Waals surface area contributed by atoms with E-state index >= 15 is 0 Å². The van der Waals surface area contributed by atoms with E-state index in [0.29, 0.717) is 6.54 Å². The van der Waals surface area contributed by atoms with Crippen molar-refractivity contribution >= 4 is 36.4 Å². The van der Waals surface area contributed by atoms with Crippen molar-refractivity contribution in [1.82, 2.24) is 5.32 Å². The quantitative estimate of drug-likeness (QED) is 0.684. The second-order valence-electron chi connectivity index (χ2n) is 6.74. The third kappa shape index (κ3) is 5.86. The molecule has 6 heteroatoms. The fraction of sp³-hybridized carbons (Fsp3) is 0.381. The molecule has 1 amide bonds. The van der Waals surface area contributed by atoms with Crippen LogP contribution in [0.15, 0.2) is 54.6 Å². The van der Waals surface area contributed by atoms with Crippen molar-refractivity contribution in [2.45, 2.75) is 25.8 Å². The first-order chi connectivity index (χ1) is 12.2. The van der Waals surface area contributed by atoms with Gasteiger partial charge in [-0.05, 0) is 30.0 Å². The lowest BCUT2D eigenvalue weighted by Crippen LogP contribution is -2.37. The number of nitrogens with two attached hydrogens (primary N) is 1. The Labute approximate surface area is 174 Å². The molecule has 0 aliphatic carbocycles. The zero-order valence-corrected chi connectivity index (χ0v) is 17.3. The SMILES string of the molecule is CC(C(=O)NCCCN1CCc2ccccc21)C(N)c1ccccc1.Cl.Cl. The molecule has 0 saturated heterocycles. The maximum absolute atomic E-state index is 12.3. The molecule has 1 aliphatic rings. The monoisotopic (exact) mass is 409 g/mol. The summed E-state index contributed by atoms with van der Waals surface area (Å²) < 4.78 is 0. The second-order valence-corrected chi connectivity index (χ2v) is 6.74.